The van der Waals surface area contributed by atoms with Crippen LogP contribution in [0.4, 0.5) is 0 Å². The zero-order valence-electron chi connectivity index (χ0n) is 25.3. The molecule has 0 atom stereocenters. The molecule has 2 heteroatoms. The first-order chi connectivity index (χ1) is 16.4. The van der Waals surface area contributed by atoms with Gasteiger partial charge in [0.1, 0.15) is 0 Å². The number of nitrogens with zero attached hydrogens (tertiary/aromatic N) is 2. The van der Waals surface area contributed by atoms with E-state index in [1.54, 1.807) is 0 Å². The highest BCUT2D eigenvalue weighted by molar-refractivity contribution is 4.52. The third kappa shape index (κ3) is 20.1. The molecule has 0 rings (SSSR count). The van der Waals surface area contributed by atoms with Gasteiger partial charge >= 0.3 is 0 Å². The monoisotopic (exact) mass is 483 g/mol. The van der Waals surface area contributed by atoms with Crippen molar-refractivity contribution >= 4 is 0 Å². The molecule has 0 radical (unpaired) electrons. The fourth-order valence-corrected chi connectivity index (χ4v) is 5.69. The fourth-order valence-electron chi connectivity index (χ4n) is 5.69. The van der Waals surface area contributed by atoms with Crippen LogP contribution in [0.5, 0.6) is 0 Å². The minimum absolute atomic E-state index is 1.34. The van der Waals surface area contributed by atoms with Gasteiger partial charge in [0.25, 0.3) is 0 Å². The first-order valence-electron chi connectivity index (χ1n) is 16.1. The molecule has 0 aromatic rings. The van der Waals surface area contributed by atoms with Crippen molar-refractivity contribution in [2.75, 3.05) is 53.4 Å². The van der Waals surface area contributed by atoms with Crippen LogP contribution in [0.1, 0.15) is 156 Å². The molecule has 206 valence electrons. The van der Waals surface area contributed by atoms with E-state index in [0.29, 0.717) is 0 Å². The van der Waals surface area contributed by atoms with E-state index < -0.39 is 0 Å². The molecule has 0 aromatic heterocycles. The van der Waals surface area contributed by atoms with Crippen LogP contribution in [-0.2, 0) is 0 Å². The zero-order chi connectivity index (χ0) is 25.4. The lowest BCUT2D eigenvalue weighted by Gasteiger charge is -2.36. The van der Waals surface area contributed by atoms with Crippen LogP contribution in [-0.4, -0.2) is 62.3 Å². The Labute approximate surface area is 218 Å². The standard InChI is InChI=1S/C32H70N2/c1-7-11-15-21-27-33(5,28-22-16-12-8-2)31-25-19-20-26-32-34(6,29-23-17-13-9-3)30-24-18-14-10-4/h7-32H2,1-6H3/q+2. The molecule has 34 heavy (non-hydrogen) atoms. The molecular weight excluding hydrogens is 412 g/mol. The number of hydrogen-bond acceptors (Lipinski definition) is 0. The van der Waals surface area contributed by atoms with Gasteiger partial charge in [-0.05, 0) is 77.0 Å². The fraction of sp³-hybridized carbons (Fsp3) is 1.00. The molecule has 0 aromatic carbocycles. The summed E-state index contributed by atoms with van der Waals surface area (Å²) in [7, 11) is 5.14. The van der Waals surface area contributed by atoms with Gasteiger partial charge in [0.15, 0.2) is 0 Å². The van der Waals surface area contributed by atoms with Crippen LogP contribution in [0, 0.1) is 0 Å². The number of quaternary nitrogens is 2. The quantitative estimate of drug-likeness (QED) is 0.0807. The second-order valence-corrected chi connectivity index (χ2v) is 12.2. The first-order valence-corrected chi connectivity index (χ1v) is 16.1. The topological polar surface area (TPSA) is 0 Å². The average molecular weight is 483 g/mol. The highest BCUT2D eigenvalue weighted by Gasteiger charge is 2.22. The van der Waals surface area contributed by atoms with Crippen LogP contribution >= 0.6 is 0 Å². The third-order valence-corrected chi connectivity index (χ3v) is 8.35. The maximum Gasteiger partial charge on any atom is 0.0784 e. The van der Waals surface area contributed by atoms with Crippen molar-refractivity contribution in [3.63, 3.8) is 0 Å². The normalized spacial score (nSPS) is 12.5. The molecule has 0 fully saturated rings. The maximum absolute atomic E-state index is 2.57. The van der Waals surface area contributed by atoms with E-state index in [-0.39, 0.29) is 0 Å². The molecule has 0 unspecified atom stereocenters. The van der Waals surface area contributed by atoms with E-state index >= 15 is 0 Å². The Morgan fingerprint density at radius 3 is 0.618 bits per heavy atom. The third-order valence-electron chi connectivity index (χ3n) is 8.35. The minimum atomic E-state index is 1.34. The lowest BCUT2D eigenvalue weighted by atomic mass is 10.1. The van der Waals surface area contributed by atoms with E-state index in [9.17, 15) is 0 Å². The van der Waals surface area contributed by atoms with Gasteiger partial charge in [0.2, 0.25) is 0 Å². The Bertz CT molecular complexity index is 344. The second-order valence-electron chi connectivity index (χ2n) is 12.2. The van der Waals surface area contributed by atoms with E-state index in [1.807, 2.05) is 0 Å². The number of unbranched alkanes of at least 4 members (excludes halogenated alkanes) is 15. The predicted octanol–water partition coefficient (Wildman–Crippen LogP) is 9.76. The van der Waals surface area contributed by atoms with Crippen LogP contribution in [0.3, 0.4) is 0 Å². The molecule has 0 heterocycles. The summed E-state index contributed by atoms with van der Waals surface area (Å²) in [4.78, 5) is 0. The summed E-state index contributed by atoms with van der Waals surface area (Å²) in [6.07, 6.45) is 28.4. The average Bonchev–Trinajstić information content (AvgIpc) is 2.83. The Hall–Kier alpha value is -0.0800. The largest absolute Gasteiger partial charge is 0.326 e. The van der Waals surface area contributed by atoms with Gasteiger partial charge in [-0.25, -0.2) is 0 Å². The Morgan fingerprint density at radius 2 is 0.441 bits per heavy atom. The molecule has 0 saturated carbocycles. The van der Waals surface area contributed by atoms with E-state index in [4.69, 9.17) is 0 Å². The lowest BCUT2D eigenvalue weighted by molar-refractivity contribution is -0.911. The molecule has 0 spiro atoms. The summed E-state index contributed by atoms with van der Waals surface area (Å²) in [5.74, 6) is 0. The Morgan fingerprint density at radius 1 is 0.265 bits per heavy atom. The molecule has 2 nitrogen and oxygen atoms in total. The first kappa shape index (κ1) is 33.9. The molecule has 0 aliphatic heterocycles. The second kappa shape index (κ2) is 23.3. The lowest BCUT2D eigenvalue weighted by Crippen LogP contribution is -2.46. The Balaban J connectivity index is 4.38. The summed E-state index contributed by atoms with van der Waals surface area (Å²) in [6, 6.07) is 0. The molecule has 0 N–H and O–H groups in total. The van der Waals surface area contributed by atoms with Gasteiger partial charge in [-0.2, -0.15) is 0 Å². The van der Waals surface area contributed by atoms with Crippen molar-refractivity contribution in [2.45, 2.75) is 156 Å². The van der Waals surface area contributed by atoms with Crippen molar-refractivity contribution in [1.29, 1.82) is 0 Å². The molecule has 0 saturated heterocycles. The molecule has 0 aliphatic rings. The predicted molar refractivity (Wildman–Crippen MR) is 157 cm³/mol. The number of hydrogen-bond donors (Lipinski definition) is 0. The SMILES string of the molecule is CCCCCC[N+](C)(CCCCCC)CCCCCC[N+](C)(CCCCCC)CCCCCC. The summed E-state index contributed by atoms with van der Waals surface area (Å²) in [6.45, 7) is 17.8. The van der Waals surface area contributed by atoms with Gasteiger partial charge in [-0.1, -0.05) is 79.1 Å². The zero-order valence-corrected chi connectivity index (χ0v) is 25.3. The van der Waals surface area contributed by atoms with Crippen molar-refractivity contribution < 1.29 is 8.97 Å². The van der Waals surface area contributed by atoms with Crippen LogP contribution in [0.25, 0.3) is 0 Å². The van der Waals surface area contributed by atoms with Crippen molar-refractivity contribution in [2.24, 2.45) is 0 Å². The maximum atomic E-state index is 2.57. The van der Waals surface area contributed by atoms with Gasteiger partial charge in [-0.15, -0.1) is 0 Å². The van der Waals surface area contributed by atoms with E-state index in [0.717, 1.165) is 0 Å². The Kier molecular flexibility index (Phi) is 23.3. The highest BCUT2D eigenvalue weighted by Crippen LogP contribution is 2.17. The highest BCUT2D eigenvalue weighted by atomic mass is 15.3. The summed E-state index contributed by atoms with van der Waals surface area (Å²) in [5.41, 5.74) is 0. The van der Waals surface area contributed by atoms with Crippen LogP contribution in [0.2, 0.25) is 0 Å². The minimum Gasteiger partial charge on any atom is -0.326 e. The molecule has 0 bridgehead atoms. The number of rotatable bonds is 27. The van der Waals surface area contributed by atoms with Gasteiger partial charge in [-0.3, -0.25) is 0 Å². The van der Waals surface area contributed by atoms with Gasteiger partial charge in [0.05, 0.1) is 53.4 Å². The molecule has 0 amide bonds. The van der Waals surface area contributed by atoms with E-state index in [2.05, 4.69) is 41.8 Å². The van der Waals surface area contributed by atoms with Crippen molar-refractivity contribution in [1.82, 2.24) is 0 Å². The van der Waals surface area contributed by atoms with E-state index in [1.165, 1.54) is 177 Å². The summed E-state index contributed by atoms with van der Waals surface area (Å²) < 4.78 is 2.69. The molecular formula is C32H70N2+2. The molecule has 0 aliphatic carbocycles. The summed E-state index contributed by atoms with van der Waals surface area (Å²) in [5, 5.41) is 0. The smallest absolute Gasteiger partial charge is 0.0784 e. The van der Waals surface area contributed by atoms with Gasteiger partial charge in [0, 0.05) is 0 Å². The van der Waals surface area contributed by atoms with Crippen molar-refractivity contribution in [3.8, 4) is 0 Å². The van der Waals surface area contributed by atoms with Crippen LogP contribution < -0.4 is 0 Å². The summed E-state index contributed by atoms with van der Waals surface area (Å²) >= 11 is 0. The van der Waals surface area contributed by atoms with Crippen molar-refractivity contribution in [3.05, 3.63) is 0 Å². The van der Waals surface area contributed by atoms with Gasteiger partial charge < -0.3 is 8.97 Å². The van der Waals surface area contributed by atoms with Crippen LogP contribution in [0.15, 0.2) is 0 Å².